The van der Waals surface area contributed by atoms with Gasteiger partial charge in [-0.25, -0.2) is 0 Å². The molecule has 3 nitrogen and oxygen atoms in total. The van der Waals surface area contributed by atoms with E-state index in [1.165, 1.54) is 19.3 Å². The zero-order valence-electron chi connectivity index (χ0n) is 14.6. The maximum Gasteiger partial charge on any atom is 0.250 e. The standard InChI is InChI=1S/C18H33NO2/c1-6-12-19(7-2)13-16-14-20-18(21-16)10-8-15(9-11-18)17(3,4)5/h14-15H,6-13H2,1-5H3. The Morgan fingerprint density at radius 2 is 1.90 bits per heavy atom. The molecule has 21 heavy (non-hydrogen) atoms. The molecule has 0 N–H and O–H groups in total. The zero-order valence-corrected chi connectivity index (χ0v) is 14.6. The zero-order chi connectivity index (χ0) is 15.5. The molecule has 1 aliphatic carbocycles. The molecule has 2 rings (SSSR count). The quantitative estimate of drug-likeness (QED) is 0.743. The van der Waals surface area contributed by atoms with Crippen LogP contribution in [0.25, 0.3) is 0 Å². The van der Waals surface area contributed by atoms with Gasteiger partial charge in [0.1, 0.15) is 12.0 Å². The van der Waals surface area contributed by atoms with Gasteiger partial charge in [0.05, 0.1) is 6.54 Å². The Bertz CT molecular complexity index is 362. The normalized spacial score (nSPS) is 29.4. The summed E-state index contributed by atoms with van der Waals surface area (Å²) in [6.07, 6.45) is 7.51. The van der Waals surface area contributed by atoms with Gasteiger partial charge in [-0.2, -0.15) is 0 Å². The minimum atomic E-state index is -0.345. The molecule has 0 saturated heterocycles. The molecule has 1 fully saturated rings. The largest absolute Gasteiger partial charge is 0.456 e. The van der Waals surface area contributed by atoms with Gasteiger partial charge in [0.25, 0.3) is 0 Å². The minimum absolute atomic E-state index is 0.345. The molecule has 0 bridgehead atoms. The first kappa shape index (κ1) is 16.7. The van der Waals surface area contributed by atoms with Crippen LogP contribution in [0.1, 0.15) is 66.7 Å². The number of hydrogen-bond acceptors (Lipinski definition) is 3. The van der Waals surface area contributed by atoms with Crippen LogP contribution in [-0.2, 0) is 9.47 Å². The van der Waals surface area contributed by atoms with Crippen molar-refractivity contribution in [1.29, 1.82) is 0 Å². The van der Waals surface area contributed by atoms with Gasteiger partial charge in [0, 0.05) is 12.8 Å². The third-order valence-electron chi connectivity index (χ3n) is 5.06. The molecule has 0 radical (unpaired) electrons. The summed E-state index contributed by atoms with van der Waals surface area (Å²) in [5, 5.41) is 0. The lowest BCUT2D eigenvalue weighted by atomic mass is 9.71. The second-order valence-electron chi connectivity index (χ2n) is 7.72. The van der Waals surface area contributed by atoms with E-state index in [0.29, 0.717) is 5.41 Å². The van der Waals surface area contributed by atoms with Crippen LogP contribution in [0.2, 0.25) is 0 Å². The van der Waals surface area contributed by atoms with E-state index < -0.39 is 0 Å². The van der Waals surface area contributed by atoms with E-state index in [4.69, 9.17) is 9.47 Å². The second kappa shape index (κ2) is 6.60. The summed E-state index contributed by atoms with van der Waals surface area (Å²) in [4.78, 5) is 2.41. The van der Waals surface area contributed by atoms with Crippen LogP contribution < -0.4 is 0 Å². The van der Waals surface area contributed by atoms with Gasteiger partial charge in [0.2, 0.25) is 5.79 Å². The predicted molar refractivity (Wildman–Crippen MR) is 86.8 cm³/mol. The molecule has 2 aliphatic rings. The van der Waals surface area contributed by atoms with Crippen molar-refractivity contribution in [2.45, 2.75) is 72.5 Å². The molecule has 0 aromatic heterocycles. The van der Waals surface area contributed by atoms with Crippen molar-refractivity contribution < 1.29 is 9.47 Å². The third-order valence-corrected chi connectivity index (χ3v) is 5.06. The van der Waals surface area contributed by atoms with Crippen LogP contribution in [0, 0.1) is 11.3 Å². The Hall–Kier alpha value is -0.700. The van der Waals surface area contributed by atoms with E-state index in [1.54, 1.807) is 0 Å². The van der Waals surface area contributed by atoms with E-state index in [1.807, 2.05) is 6.26 Å². The van der Waals surface area contributed by atoms with E-state index in [9.17, 15) is 0 Å². The van der Waals surface area contributed by atoms with Gasteiger partial charge in [-0.3, -0.25) is 4.90 Å². The van der Waals surface area contributed by atoms with Gasteiger partial charge in [-0.15, -0.1) is 0 Å². The van der Waals surface area contributed by atoms with Gasteiger partial charge in [0.15, 0.2) is 0 Å². The smallest absolute Gasteiger partial charge is 0.250 e. The molecule has 1 aliphatic heterocycles. The van der Waals surface area contributed by atoms with Crippen LogP contribution in [-0.4, -0.2) is 30.3 Å². The Morgan fingerprint density at radius 3 is 2.43 bits per heavy atom. The van der Waals surface area contributed by atoms with Crippen molar-refractivity contribution in [3.63, 3.8) is 0 Å². The average molecular weight is 295 g/mol. The number of hydrogen-bond donors (Lipinski definition) is 0. The van der Waals surface area contributed by atoms with Crippen molar-refractivity contribution in [2.75, 3.05) is 19.6 Å². The van der Waals surface area contributed by atoms with Gasteiger partial charge < -0.3 is 9.47 Å². The highest BCUT2D eigenvalue weighted by Crippen LogP contribution is 2.46. The number of likely N-dealkylation sites (N-methyl/N-ethyl adjacent to an activating group) is 1. The van der Waals surface area contributed by atoms with Crippen LogP contribution in [0.15, 0.2) is 12.0 Å². The summed E-state index contributed by atoms with van der Waals surface area (Å²) in [7, 11) is 0. The van der Waals surface area contributed by atoms with Crippen molar-refractivity contribution in [3.05, 3.63) is 12.0 Å². The molecular formula is C18H33NO2. The molecule has 0 amide bonds. The van der Waals surface area contributed by atoms with Crippen molar-refractivity contribution in [2.24, 2.45) is 11.3 Å². The first-order valence-corrected chi connectivity index (χ1v) is 8.67. The topological polar surface area (TPSA) is 21.7 Å². The maximum atomic E-state index is 6.23. The van der Waals surface area contributed by atoms with Crippen LogP contribution >= 0.6 is 0 Å². The highest BCUT2D eigenvalue weighted by Gasteiger charge is 2.44. The average Bonchev–Trinajstić information content (AvgIpc) is 2.80. The van der Waals surface area contributed by atoms with E-state index in [-0.39, 0.29) is 5.79 Å². The predicted octanol–water partition coefficient (Wildman–Crippen LogP) is 4.54. The highest BCUT2D eigenvalue weighted by molar-refractivity contribution is 5.02. The Morgan fingerprint density at radius 1 is 1.24 bits per heavy atom. The van der Waals surface area contributed by atoms with Crippen LogP contribution in [0.5, 0.6) is 0 Å². The fourth-order valence-electron chi connectivity index (χ4n) is 3.56. The summed E-state index contributed by atoms with van der Waals surface area (Å²) in [5.74, 6) is 1.45. The fraction of sp³-hybridized carbons (Fsp3) is 0.889. The lowest BCUT2D eigenvalue weighted by Crippen LogP contribution is -2.39. The molecule has 1 saturated carbocycles. The van der Waals surface area contributed by atoms with Crippen molar-refractivity contribution in [1.82, 2.24) is 4.90 Å². The Kier molecular flexibility index (Phi) is 5.24. The number of ether oxygens (including phenoxy) is 2. The third kappa shape index (κ3) is 4.15. The van der Waals surface area contributed by atoms with Crippen LogP contribution in [0.3, 0.4) is 0 Å². The molecule has 0 unspecified atom stereocenters. The summed E-state index contributed by atoms with van der Waals surface area (Å²) < 4.78 is 12.2. The SMILES string of the molecule is CCCN(CC)CC1=COC2(CCC(C(C)(C)C)CC2)O1. The minimum Gasteiger partial charge on any atom is -0.456 e. The molecule has 0 aromatic rings. The first-order valence-electron chi connectivity index (χ1n) is 8.67. The summed E-state index contributed by atoms with van der Waals surface area (Å²) in [5.41, 5.74) is 0.399. The first-order chi connectivity index (χ1) is 9.88. The molecule has 1 heterocycles. The van der Waals surface area contributed by atoms with Gasteiger partial charge >= 0.3 is 0 Å². The maximum absolute atomic E-state index is 6.23. The molecule has 1 spiro atoms. The van der Waals surface area contributed by atoms with Crippen LogP contribution in [0.4, 0.5) is 0 Å². The highest BCUT2D eigenvalue weighted by atomic mass is 16.7. The summed E-state index contributed by atoms with van der Waals surface area (Å²) >= 11 is 0. The lowest BCUT2D eigenvalue weighted by molar-refractivity contribution is -0.180. The molecular weight excluding hydrogens is 262 g/mol. The molecule has 0 aromatic carbocycles. The van der Waals surface area contributed by atoms with Gasteiger partial charge in [-0.1, -0.05) is 34.6 Å². The van der Waals surface area contributed by atoms with E-state index in [2.05, 4.69) is 39.5 Å². The van der Waals surface area contributed by atoms with E-state index >= 15 is 0 Å². The monoisotopic (exact) mass is 295 g/mol. The van der Waals surface area contributed by atoms with Crippen molar-refractivity contribution in [3.8, 4) is 0 Å². The Balaban J connectivity index is 1.84. The second-order valence-corrected chi connectivity index (χ2v) is 7.72. The number of rotatable bonds is 5. The van der Waals surface area contributed by atoms with Gasteiger partial charge in [-0.05, 0) is 43.7 Å². The van der Waals surface area contributed by atoms with E-state index in [0.717, 1.165) is 44.2 Å². The summed E-state index contributed by atoms with van der Waals surface area (Å²) in [6.45, 7) is 14.5. The lowest BCUT2D eigenvalue weighted by Gasteiger charge is -2.41. The Labute approximate surface area is 130 Å². The summed E-state index contributed by atoms with van der Waals surface area (Å²) in [6, 6.07) is 0. The molecule has 3 heteroatoms. The molecule has 122 valence electrons. The van der Waals surface area contributed by atoms with Crippen molar-refractivity contribution >= 4 is 0 Å². The molecule has 0 atom stereocenters. The number of nitrogens with zero attached hydrogens (tertiary/aromatic N) is 1. The fourth-order valence-corrected chi connectivity index (χ4v) is 3.56.